The van der Waals surface area contributed by atoms with E-state index < -0.39 is 0 Å². The summed E-state index contributed by atoms with van der Waals surface area (Å²) < 4.78 is 11.3. The van der Waals surface area contributed by atoms with Crippen LogP contribution in [-0.2, 0) is 11.3 Å². The van der Waals surface area contributed by atoms with Crippen LogP contribution in [0, 0.1) is 0 Å². The van der Waals surface area contributed by atoms with E-state index in [4.69, 9.17) is 9.47 Å². The molecule has 0 aliphatic carbocycles. The number of methoxy groups -OCH3 is 1. The first-order chi connectivity index (χ1) is 13.7. The molecule has 0 bridgehead atoms. The first kappa shape index (κ1) is 20.2. The maximum atomic E-state index is 12.6. The summed E-state index contributed by atoms with van der Waals surface area (Å²) in [6.45, 7) is 3.28. The summed E-state index contributed by atoms with van der Waals surface area (Å²) in [5, 5.41) is 2.99. The van der Waals surface area contributed by atoms with Crippen molar-refractivity contribution in [2.75, 3.05) is 13.7 Å². The molecular weight excluding hydrogens is 354 g/mol. The van der Waals surface area contributed by atoms with Crippen LogP contribution in [-0.4, -0.2) is 25.7 Å². The van der Waals surface area contributed by atoms with Crippen molar-refractivity contribution in [3.8, 4) is 11.5 Å². The second-order valence-corrected chi connectivity index (χ2v) is 6.90. The van der Waals surface area contributed by atoms with E-state index in [1.165, 1.54) is 0 Å². The highest BCUT2D eigenvalue weighted by Crippen LogP contribution is 2.30. The number of unbranched alkanes of at least 4 members (excludes halogenated alkanes) is 1. The van der Waals surface area contributed by atoms with Crippen LogP contribution in [0.15, 0.2) is 48.5 Å². The van der Waals surface area contributed by atoms with E-state index in [2.05, 4.69) is 29.2 Å². The molecule has 1 amide bonds. The molecule has 1 heterocycles. The molecule has 0 aromatic heterocycles. The summed E-state index contributed by atoms with van der Waals surface area (Å²) in [5.41, 5.74) is 8.38. The molecule has 28 heavy (non-hydrogen) atoms. The molecule has 2 atom stereocenters. The Kier molecular flexibility index (Phi) is 7.28. The highest BCUT2D eigenvalue weighted by atomic mass is 16.5. The molecule has 0 radical (unpaired) electrons. The van der Waals surface area contributed by atoms with Gasteiger partial charge in [0.25, 0.3) is 0 Å². The smallest absolute Gasteiger partial charge is 0.238 e. The average Bonchev–Trinajstić information content (AvgIpc) is 3.23. The van der Waals surface area contributed by atoms with Gasteiger partial charge < -0.3 is 14.8 Å². The van der Waals surface area contributed by atoms with Crippen LogP contribution in [0.25, 0.3) is 0 Å². The lowest BCUT2D eigenvalue weighted by molar-refractivity contribution is -0.123. The molecule has 3 N–H and O–H groups in total. The van der Waals surface area contributed by atoms with E-state index in [9.17, 15) is 4.79 Å². The number of benzene rings is 2. The van der Waals surface area contributed by atoms with Gasteiger partial charge in [-0.2, -0.15) is 0 Å². The largest absolute Gasteiger partial charge is 0.496 e. The van der Waals surface area contributed by atoms with Crippen LogP contribution in [0.4, 0.5) is 0 Å². The van der Waals surface area contributed by atoms with Gasteiger partial charge in [-0.1, -0.05) is 49.7 Å². The zero-order valence-corrected chi connectivity index (χ0v) is 16.5. The number of rotatable bonds is 9. The maximum absolute atomic E-state index is 12.6. The van der Waals surface area contributed by atoms with Gasteiger partial charge in [-0.3, -0.25) is 4.79 Å². The number of ether oxygens (including phenoxy) is 2. The first-order valence-electron chi connectivity index (χ1n) is 9.85. The molecule has 2 aromatic rings. The molecular formula is C22H29N3O3. The Morgan fingerprint density at radius 2 is 1.86 bits per heavy atom. The van der Waals surface area contributed by atoms with E-state index in [0.29, 0.717) is 19.6 Å². The van der Waals surface area contributed by atoms with Crippen molar-refractivity contribution in [2.24, 2.45) is 0 Å². The Hall–Kier alpha value is -2.57. The molecule has 3 rings (SSSR count). The summed E-state index contributed by atoms with van der Waals surface area (Å²) in [6, 6.07) is 15.4. The van der Waals surface area contributed by atoms with Crippen LogP contribution in [0.3, 0.4) is 0 Å². The van der Waals surface area contributed by atoms with Gasteiger partial charge >= 0.3 is 0 Å². The van der Waals surface area contributed by atoms with Gasteiger partial charge in [-0.25, -0.2) is 10.9 Å². The minimum Gasteiger partial charge on any atom is -0.496 e. The Bertz CT molecular complexity index is 781. The van der Waals surface area contributed by atoms with Gasteiger partial charge in [0.2, 0.25) is 5.91 Å². The minimum absolute atomic E-state index is 0.0276. The molecule has 6 heteroatoms. The van der Waals surface area contributed by atoms with Crippen LogP contribution in [0.2, 0.25) is 0 Å². The van der Waals surface area contributed by atoms with Gasteiger partial charge in [-0.05, 0) is 25.0 Å². The number of carbonyl (C=O) groups excluding carboxylic acids is 1. The van der Waals surface area contributed by atoms with E-state index >= 15 is 0 Å². The zero-order valence-electron chi connectivity index (χ0n) is 16.5. The number of para-hydroxylation sites is 2. The van der Waals surface area contributed by atoms with Gasteiger partial charge in [0.15, 0.2) is 0 Å². The fraction of sp³-hybridized carbons (Fsp3) is 0.409. The summed E-state index contributed by atoms with van der Waals surface area (Å²) >= 11 is 0. The minimum atomic E-state index is -0.302. The second-order valence-electron chi connectivity index (χ2n) is 6.90. The standard InChI is InChI=1S/C22H29N3O3/c1-3-4-13-28-21-12-8-6-10-17(21)18-14-19(25-24-18)22(26)23-15-16-9-5-7-11-20(16)27-2/h5-12,18-19,24-25H,3-4,13-15H2,1-2H3,(H,23,26). The quantitative estimate of drug-likeness (QED) is 0.581. The third kappa shape index (κ3) is 5.03. The summed E-state index contributed by atoms with van der Waals surface area (Å²) in [6.07, 6.45) is 2.78. The topological polar surface area (TPSA) is 71.6 Å². The molecule has 150 valence electrons. The van der Waals surface area contributed by atoms with E-state index in [1.54, 1.807) is 7.11 Å². The van der Waals surface area contributed by atoms with Crippen LogP contribution in [0.5, 0.6) is 11.5 Å². The molecule has 1 saturated heterocycles. The predicted molar refractivity (Wildman–Crippen MR) is 109 cm³/mol. The Morgan fingerprint density at radius 1 is 1.11 bits per heavy atom. The fourth-order valence-electron chi connectivity index (χ4n) is 3.31. The van der Waals surface area contributed by atoms with Gasteiger partial charge in [0.1, 0.15) is 17.5 Å². The van der Waals surface area contributed by atoms with Crippen molar-refractivity contribution in [1.82, 2.24) is 16.2 Å². The Labute approximate surface area is 166 Å². The predicted octanol–water partition coefficient (Wildman–Crippen LogP) is 3.10. The molecule has 6 nitrogen and oxygen atoms in total. The molecule has 0 spiro atoms. The number of nitrogens with one attached hydrogen (secondary N) is 3. The normalized spacial score (nSPS) is 18.6. The van der Waals surface area contributed by atoms with Crippen LogP contribution >= 0.6 is 0 Å². The number of amides is 1. The van der Waals surface area contributed by atoms with Gasteiger partial charge in [-0.15, -0.1) is 0 Å². The number of hydrogen-bond donors (Lipinski definition) is 3. The number of hydrogen-bond acceptors (Lipinski definition) is 5. The van der Waals surface area contributed by atoms with Gasteiger partial charge in [0.05, 0.1) is 19.8 Å². The molecule has 1 fully saturated rings. The lowest BCUT2D eigenvalue weighted by Gasteiger charge is -2.16. The zero-order chi connectivity index (χ0) is 19.8. The average molecular weight is 383 g/mol. The van der Waals surface area contributed by atoms with E-state index in [1.807, 2.05) is 42.5 Å². The van der Waals surface area contributed by atoms with Crippen molar-refractivity contribution in [3.05, 3.63) is 59.7 Å². The van der Waals surface area contributed by atoms with Crippen molar-refractivity contribution in [1.29, 1.82) is 0 Å². The lowest BCUT2D eigenvalue weighted by atomic mass is 10.0. The second kappa shape index (κ2) is 10.1. The highest BCUT2D eigenvalue weighted by molar-refractivity contribution is 5.82. The van der Waals surface area contributed by atoms with Crippen LogP contribution in [0.1, 0.15) is 43.4 Å². The lowest BCUT2D eigenvalue weighted by Crippen LogP contribution is -2.42. The van der Waals surface area contributed by atoms with Crippen molar-refractivity contribution in [3.63, 3.8) is 0 Å². The molecule has 1 aliphatic heterocycles. The molecule has 0 saturated carbocycles. The van der Waals surface area contributed by atoms with Gasteiger partial charge in [0, 0.05) is 17.7 Å². The van der Waals surface area contributed by atoms with Crippen molar-refractivity contribution >= 4 is 5.91 Å². The van der Waals surface area contributed by atoms with Crippen LogP contribution < -0.4 is 25.6 Å². The third-order valence-electron chi connectivity index (χ3n) is 4.92. The fourth-order valence-corrected chi connectivity index (χ4v) is 3.31. The number of hydrazine groups is 1. The Balaban J connectivity index is 1.57. The Morgan fingerprint density at radius 3 is 2.64 bits per heavy atom. The van der Waals surface area contributed by atoms with Crippen molar-refractivity contribution in [2.45, 2.75) is 44.8 Å². The third-order valence-corrected chi connectivity index (χ3v) is 4.92. The van der Waals surface area contributed by atoms with Crippen molar-refractivity contribution < 1.29 is 14.3 Å². The number of carbonyl (C=O) groups is 1. The molecule has 2 unspecified atom stereocenters. The summed E-state index contributed by atoms with van der Waals surface area (Å²) in [5.74, 6) is 1.62. The first-order valence-corrected chi connectivity index (χ1v) is 9.85. The SMILES string of the molecule is CCCCOc1ccccc1C1CC(C(=O)NCc2ccccc2OC)NN1. The van der Waals surface area contributed by atoms with E-state index in [0.717, 1.165) is 35.5 Å². The summed E-state index contributed by atoms with van der Waals surface area (Å²) in [4.78, 5) is 12.6. The summed E-state index contributed by atoms with van der Waals surface area (Å²) in [7, 11) is 1.63. The maximum Gasteiger partial charge on any atom is 0.238 e. The molecule has 1 aliphatic rings. The molecule has 2 aromatic carbocycles. The van der Waals surface area contributed by atoms with E-state index in [-0.39, 0.29) is 18.0 Å². The monoisotopic (exact) mass is 383 g/mol. The highest BCUT2D eigenvalue weighted by Gasteiger charge is 2.31.